The van der Waals surface area contributed by atoms with Gasteiger partial charge in [-0.3, -0.25) is 0 Å². The number of nitrogens with zero attached hydrogens (tertiary/aromatic N) is 2. The van der Waals surface area contributed by atoms with E-state index in [1.54, 1.807) is 0 Å². The topological polar surface area (TPSA) is 15.7 Å². The van der Waals surface area contributed by atoms with Gasteiger partial charge in [0, 0.05) is 41.6 Å². The maximum absolute atomic E-state index is 6.30. The molecular formula is C21H26Cl2N2OS. The molecule has 0 amide bonds. The summed E-state index contributed by atoms with van der Waals surface area (Å²) in [7, 11) is 1.83. The van der Waals surface area contributed by atoms with Crippen LogP contribution in [0, 0.1) is 0 Å². The van der Waals surface area contributed by atoms with Crippen LogP contribution in [-0.2, 0) is 4.74 Å². The fraction of sp³-hybridized carbons (Fsp3) is 0.429. The van der Waals surface area contributed by atoms with Crippen molar-refractivity contribution in [2.45, 2.75) is 35.2 Å². The first-order valence-electron chi connectivity index (χ1n) is 9.34. The highest BCUT2D eigenvalue weighted by molar-refractivity contribution is 7.99. The quantitative estimate of drug-likeness (QED) is 0.596. The Hall–Kier alpha value is -0.910. The lowest BCUT2D eigenvalue weighted by atomic mass is 10.1. The fourth-order valence-corrected chi connectivity index (χ4v) is 5.11. The molecule has 0 aliphatic carbocycles. The third-order valence-electron chi connectivity index (χ3n) is 5.31. The van der Waals surface area contributed by atoms with Crippen LogP contribution in [0.2, 0.25) is 5.02 Å². The summed E-state index contributed by atoms with van der Waals surface area (Å²) in [4.78, 5) is 7.62. The first-order chi connectivity index (χ1) is 12.7. The first kappa shape index (κ1) is 20.8. The van der Waals surface area contributed by atoms with Gasteiger partial charge in [0.2, 0.25) is 0 Å². The average molecular weight is 425 g/mol. The van der Waals surface area contributed by atoms with E-state index >= 15 is 0 Å². The summed E-state index contributed by atoms with van der Waals surface area (Å²) in [5.74, 6) is 0. The zero-order valence-electron chi connectivity index (χ0n) is 15.6. The van der Waals surface area contributed by atoms with E-state index in [4.69, 9.17) is 16.3 Å². The van der Waals surface area contributed by atoms with Gasteiger partial charge in [-0.25, -0.2) is 0 Å². The highest BCUT2D eigenvalue weighted by Crippen LogP contribution is 2.48. The SMILES string of the molecule is COC1CCN(CCCN2c3ccccc3Sc3ccc(Cl)cc32)CC1.Cl. The largest absolute Gasteiger partial charge is 0.381 e. The molecule has 0 bridgehead atoms. The third kappa shape index (κ3) is 4.75. The number of rotatable bonds is 5. The summed E-state index contributed by atoms with van der Waals surface area (Å²) >= 11 is 8.13. The standard InChI is InChI=1S/C21H25ClN2OS.ClH/c1-25-17-9-13-23(14-10-17)11-4-12-24-18-5-2-3-6-20(18)26-21-8-7-16(22)15-19(21)24;/h2-3,5-8,15,17H,4,9-14H2,1H3;1H. The molecule has 3 nitrogen and oxygen atoms in total. The van der Waals surface area contributed by atoms with Crippen molar-refractivity contribution < 1.29 is 4.74 Å². The molecule has 0 atom stereocenters. The van der Waals surface area contributed by atoms with E-state index in [0.29, 0.717) is 6.10 Å². The van der Waals surface area contributed by atoms with Crippen molar-refractivity contribution in [2.75, 3.05) is 38.2 Å². The van der Waals surface area contributed by atoms with Gasteiger partial charge in [-0.05, 0) is 56.1 Å². The molecule has 6 heteroatoms. The van der Waals surface area contributed by atoms with E-state index in [2.05, 4.69) is 46.2 Å². The normalized spacial score (nSPS) is 17.2. The second-order valence-corrected chi connectivity index (χ2v) is 8.48. The van der Waals surface area contributed by atoms with E-state index in [0.717, 1.165) is 50.5 Å². The summed E-state index contributed by atoms with van der Waals surface area (Å²) in [5, 5.41) is 0.801. The van der Waals surface area contributed by atoms with Crippen molar-refractivity contribution in [2.24, 2.45) is 0 Å². The molecule has 1 saturated heterocycles. The van der Waals surface area contributed by atoms with Crippen LogP contribution in [-0.4, -0.2) is 44.3 Å². The second kappa shape index (κ2) is 9.53. The number of hydrogen-bond donors (Lipinski definition) is 0. The summed E-state index contributed by atoms with van der Waals surface area (Å²) < 4.78 is 5.48. The highest BCUT2D eigenvalue weighted by atomic mass is 35.5. The Kier molecular flexibility index (Phi) is 7.35. The Bertz CT molecular complexity index is 766. The van der Waals surface area contributed by atoms with Gasteiger partial charge in [0.1, 0.15) is 0 Å². The van der Waals surface area contributed by atoms with Crippen LogP contribution in [0.3, 0.4) is 0 Å². The number of para-hydroxylation sites is 1. The van der Waals surface area contributed by atoms with E-state index in [1.807, 2.05) is 24.9 Å². The molecule has 1 fully saturated rings. The van der Waals surface area contributed by atoms with Crippen molar-refractivity contribution in [1.82, 2.24) is 4.90 Å². The number of anilines is 2. The van der Waals surface area contributed by atoms with Gasteiger partial charge in [-0.15, -0.1) is 12.4 Å². The number of piperidine rings is 1. The Morgan fingerprint density at radius 1 is 1.04 bits per heavy atom. The lowest BCUT2D eigenvalue weighted by Gasteiger charge is -2.35. The van der Waals surface area contributed by atoms with Gasteiger partial charge >= 0.3 is 0 Å². The summed E-state index contributed by atoms with van der Waals surface area (Å²) in [6.07, 6.45) is 3.89. The van der Waals surface area contributed by atoms with E-state index < -0.39 is 0 Å². The lowest BCUT2D eigenvalue weighted by Crippen LogP contribution is -2.38. The molecule has 2 aromatic carbocycles. The molecule has 0 saturated carbocycles. The summed E-state index contributed by atoms with van der Waals surface area (Å²) in [5.41, 5.74) is 2.53. The number of benzene rings is 2. The fourth-order valence-electron chi connectivity index (χ4n) is 3.86. The Morgan fingerprint density at radius 2 is 1.78 bits per heavy atom. The molecule has 2 heterocycles. The number of methoxy groups -OCH3 is 1. The van der Waals surface area contributed by atoms with Gasteiger partial charge < -0.3 is 14.5 Å². The summed E-state index contributed by atoms with van der Waals surface area (Å²) in [6.45, 7) is 4.44. The van der Waals surface area contributed by atoms with Crippen molar-refractivity contribution in [3.63, 3.8) is 0 Å². The number of hydrogen-bond acceptors (Lipinski definition) is 4. The maximum atomic E-state index is 6.30. The van der Waals surface area contributed by atoms with Gasteiger partial charge in [0.15, 0.2) is 0 Å². The molecule has 0 radical (unpaired) electrons. The van der Waals surface area contributed by atoms with Crippen LogP contribution in [0.15, 0.2) is 52.3 Å². The molecule has 27 heavy (non-hydrogen) atoms. The first-order valence-corrected chi connectivity index (χ1v) is 10.5. The minimum absolute atomic E-state index is 0. The molecule has 4 rings (SSSR count). The molecule has 0 unspecified atom stereocenters. The Balaban J connectivity index is 0.00000210. The van der Waals surface area contributed by atoms with Crippen LogP contribution in [0.4, 0.5) is 11.4 Å². The van der Waals surface area contributed by atoms with Crippen LogP contribution in [0.25, 0.3) is 0 Å². The molecule has 0 spiro atoms. The van der Waals surface area contributed by atoms with E-state index in [9.17, 15) is 0 Å². The molecule has 2 aromatic rings. The van der Waals surface area contributed by atoms with Gasteiger partial charge in [-0.2, -0.15) is 0 Å². The van der Waals surface area contributed by atoms with Crippen molar-refractivity contribution in [1.29, 1.82) is 0 Å². The Morgan fingerprint density at radius 3 is 2.56 bits per heavy atom. The molecular weight excluding hydrogens is 399 g/mol. The molecule has 0 N–H and O–H groups in total. The second-order valence-electron chi connectivity index (χ2n) is 6.96. The van der Waals surface area contributed by atoms with Crippen LogP contribution >= 0.6 is 35.8 Å². The van der Waals surface area contributed by atoms with Gasteiger partial charge in [-0.1, -0.05) is 35.5 Å². The Labute approximate surface area is 177 Å². The van der Waals surface area contributed by atoms with Crippen molar-refractivity contribution in [3.8, 4) is 0 Å². The smallest absolute Gasteiger partial charge is 0.0595 e. The number of likely N-dealkylation sites (tertiary alicyclic amines) is 1. The monoisotopic (exact) mass is 424 g/mol. The molecule has 146 valence electrons. The highest BCUT2D eigenvalue weighted by Gasteiger charge is 2.24. The van der Waals surface area contributed by atoms with Crippen LogP contribution in [0.1, 0.15) is 19.3 Å². The van der Waals surface area contributed by atoms with Crippen LogP contribution in [0.5, 0.6) is 0 Å². The molecule has 0 aromatic heterocycles. The minimum atomic E-state index is 0. The van der Waals surface area contributed by atoms with Crippen molar-refractivity contribution >= 4 is 47.1 Å². The average Bonchev–Trinajstić information content (AvgIpc) is 2.68. The van der Waals surface area contributed by atoms with Gasteiger partial charge in [0.05, 0.1) is 17.5 Å². The zero-order valence-corrected chi connectivity index (χ0v) is 18.0. The van der Waals surface area contributed by atoms with Gasteiger partial charge in [0.25, 0.3) is 0 Å². The zero-order chi connectivity index (χ0) is 17.9. The number of halogens is 2. The predicted molar refractivity (Wildman–Crippen MR) is 117 cm³/mol. The number of ether oxygens (including phenoxy) is 1. The minimum Gasteiger partial charge on any atom is -0.381 e. The van der Waals surface area contributed by atoms with Crippen LogP contribution < -0.4 is 4.90 Å². The predicted octanol–water partition coefficient (Wildman–Crippen LogP) is 5.87. The summed E-state index contributed by atoms with van der Waals surface area (Å²) in [6, 6.07) is 14.9. The lowest BCUT2D eigenvalue weighted by molar-refractivity contribution is 0.0410. The molecule has 2 aliphatic heterocycles. The number of fused-ring (bicyclic) bond motifs is 2. The third-order valence-corrected chi connectivity index (χ3v) is 6.68. The maximum Gasteiger partial charge on any atom is 0.0595 e. The van der Waals surface area contributed by atoms with E-state index in [-0.39, 0.29) is 12.4 Å². The molecule has 2 aliphatic rings. The van der Waals surface area contributed by atoms with E-state index in [1.165, 1.54) is 21.2 Å². The van der Waals surface area contributed by atoms with Crippen molar-refractivity contribution in [3.05, 3.63) is 47.5 Å².